The molecule has 1 aliphatic rings. The van der Waals surface area contributed by atoms with Crippen molar-refractivity contribution in [2.45, 2.75) is 19.4 Å². The normalized spacial score (nSPS) is 18.6. The molecule has 2 rings (SSSR count). The van der Waals surface area contributed by atoms with Gasteiger partial charge in [-0.25, -0.2) is 13.2 Å². The van der Waals surface area contributed by atoms with Crippen LogP contribution in [0.2, 0.25) is 5.02 Å². The molecule has 1 aromatic carbocycles. The van der Waals surface area contributed by atoms with Crippen LogP contribution in [0, 0.1) is 6.92 Å². The van der Waals surface area contributed by atoms with Crippen molar-refractivity contribution < 1.29 is 27.5 Å². The topological polar surface area (TPSA) is 90.0 Å². The number of hydrogen-bond acceptors (Lipinski definition) is 6. The first-order valence-corrected chi connectivity index (χ1v) is 9.88. The maximum Gasteiger partial charge on any atom is 0.344 e. The van der Waals surface area contributed by atoms with Crippen molar-refractivity contribution >= 4 is 33.3 Å². The van der Waals surface area contributed by atoms with Gasteiger partial charge >= 0.3 is 5.97 Å². The first-order chi connectivity index (χ1) is 11.7. The Balaban J connectivity index is 1.75. The first-order valence-electron chi connectivity index (χ1n) is 7.68. The number of halogens is 1. The zero-order chi connectivity index (χ0) is 18.6. The molecule has 0 unspecified atom stereocenters. The van der Waals surface area contributed by atoms with Crippen molar-refractivity contribution in [1.82, 2.24) is 4.90 Å². The van der Waals surface area contributed by atoms with Gasteiger partial charge in [-0.3, -0.25) is 4.79 Å². The first kappa shape index (κ1) is 19.5. The minimum Gasteiger partial charge on any atom is -0.482 e. The van der Waals surface area contributed by atoms with Crippen LogP contribution in [0.15, 0.2) is 18.2 Å². The second kappa shape index (κ2) is 8.05. The van der Waals surface area contributed by atoms with Gasteiger partial charge in [-0.1, -0.05) is 11.6 Å². The quantitative estimate of drug-likeness (QED) is 0.679. The van der Waals surface area contributed by atoms with Crippen LogP contribution in [0.25, 0.3) is 0 Å². The fourth-order valence-electron chi connectivity index (χ4n) is 2.42. The average Bonchev–Trinajstić information content (AvgIpc) is 2.92. The summed E-state index contributed by atoms with van der Waals surface area (Å²) in [5.74, 6) is -0.643. The Hall–Kier alpha value is -1.80. The Morgan fingerprint density at radius 2 is 2.04 bits per heavy atom. The Labute approximate surface area is 151 Å². The van der Waals surface area contributed by atoms with E-state index in [9.17, 15) is 18.0 Å². The van der Waals surface area contributed by atoms with Gasteiger partial charge in [0.25, 0.3) is 5.91 Å². The Morgan fingerprint density at radius 3 is 2.64 bits per heavy atom. The molecule has 0 aliphatic carbocycles. The lowest BCUT2D eigenvalue weighted by molar-refractivity contribution is -0.153. The largest absolute Gasteiger partial charge is 0.482 e. The number of sulfone groups is 1. The van der Waals surface area contributed by atoms with Crippen molar-refractivity contribution in [3.63, 3.8) is 0 Å². The number of carbonyl (C=O) groups is 2. The summed E-state index contributed by atoms with van der Waals surface area (Å²) < 4.78 is 33.1. The van der Waals surface area contributed by atoms with Crippen molar-refractivity contribution in [1.29, 1.82) is 0 Å². The van der Waals surface area contributed by atoms with E-state index < -0.39 is 28.3 Å². The van der Waals surface area contributed by atoms with Gasteiger partial charge in [-0.15, -0.1) is 0 Å². The predicted octanol–water partition coefficient (Wildman–Crippen LogP) is 1.22. The van der Waals surface area contributed by atoms with Crippen LogP contribution in [-0.4, -0.2) is 63.0 Å². The van der Waals surface area contributed by atoms with Gasteiger partial charge < -0.3 is 14.4 Å². The number of rotatable bonds is 6. The summed E-state index contributed by atoms with van der Waals surface area (Å²) in [5, 5.41) is 0.595. The zero-order valence-electron chi connectivity index (χ0n) is 14.0. The summed E-state index contributed by atoms with van der Waals surface area (Å²) in [4.78, 5) is 25.0. The Morgan fingerprint density at radius 1 is 1.32 bits per heavy atom. The third kappa shape index (κ3) is 5.61. The smallest absolute Gasteiger partial charge is 0.344 e. The summed E-state index contributed by atoms with van der Waals surface area (Å²) in [7, 11) is -1.57. The van der Waals surface area contributed by atoms with E-state index in [1.165, 1.54) is 11.9 Å². The maximum atomic E-state index is 12.0. The van der Waals surface area contributed by atoms with Crippen molar-refractivity contribution in [3.05, 3.63) is 28.8 Å². The van der Waals surface area contributed by atoms with Gasteiger partial charge in [0.1, 0.15) is 5.75 Å². The highest BCUT2D eigenvalue weighted by Crippen LogP contribution is 2.21. The summed E-state index contributed by atoms with van der Waals surface area (Å²) >= 11 is 5.90. The van der Waals surface area contributed by atoms with Crippen LogP contribution < -0.4 is 4.74 Å². The molecule has 7 nitrogen and oxygen atoms in total. The van der Waals surface area contributed by atoms with Gasteiger partial charge in [0.15, 0.2) is 23.1 Å². The number of carbonyl (C=O) groups excluding carboxylic acids is 2. The SMILES string of the molecule is Cc1cc(OCC(=O)OCC(=O)N(C)[C@H]2CCS(=O)(=O)C2)ccc1Cl. The van der Waals surface area contributed by atoms with Crippen LogP contribution in [0.5, 0.6) is 5.75 Å². The Kier molecular flexibility index (Phi) is 6.29. The van der Waals surface area contributed by atoms with E-state index >= 15 is 0 Å². The predicted molar refractivity (Wildman–Crippen MR) is 92.5 cm³/mol. The standard InChI is InChI=1S/C16H20ClNO6S/c1-11-7-13(3-4-14(11)17)23-9-16(20)24-8-15(19)18(2)12-5-6-25(21,22)10-12/h3-4,7,12H,5-6,8-10H2,1-2H3/t12-/m0/s1. The lowest BCUT2D eigenvalue weighted by Gasteiger charge is -2.23. The van der Waals surface area contributed by atoms with Gasteiger partial charge in [-0.2, -0.15) is 0 Å². The summed E-state index contributed by atoms with van der Waals surface area (Å²) in [6.45, 7) is 1.02. The molecule has 1 saturated heterocycles. The number of esters is 1. The molecule has 1 aromatic rings. The lowest BCUT2D eigenvalue weighted by atomic mass is 10.2. The van der Waals surface area contributed by atoms with Crippen LogP contribution in [0.3, 0.4) is 0 Å². The second-order valence-corrected chi connectivity index (χ2v) is 8.56. The molecule has 1 amide bonds. The van der Waals surface area contributed by atoms with Crippen LogP contribution in [0.1, 0.15) is 12.0 Å². The number of hydrogen-bond donors (Lipinski definition) is 0. The molecular weight excluding hydrogens is 370 g/mol. The fourth-order valence-corrected chi connectivity index (χ4v) is 4.31. The molecule has 1 aliphatic heterocycles. The average molecular weight is 390 g/mol. The molecule has 0 spiro atoms. The Bertz CT molecular complexity index is 764. The van der Waals surface area contributed by atoms with Crippen LogP contribution in [0.4, 0.5) is 0 Å². The third-order valence-electron chi connectivity index (χ3n) is 3.99. The number of likely N-dealkylation sites (N-methyl/N-ethyl adjacent to an activating group) is 1. The second-order valence-electron chi connectivity index (χ2n) is 5.92. The highest BCUT2D eigenvalue weighted by atomic mass is 35.5. The molecule has 0 bridgehead atoms. The summed E-state index contributed by atoms with van der Waals surface area (Å²) in [5.41, 5.74) is 0.816. The molecule has 138 valence electrons. The van der Waals surface area contributed by atoms with Gasteiger partial charge in [-0.05, 0) is 37.1 Å². The molecule has 0 radical (unpaired) electrons. The number of amides is 1. The number of benzene rings is 1. The van der Waals surface area contributed by atoms with E-state index in [2.05, 4.69) is 0 Å². The lowest BCUT2D eigenvalue weighted by Crippen LogP contribution is -2.40. The highest BCUT2D eigenvalue weighted by Gasteiger charge is 2.32. The van der Waals surface area contributed by atoms with Gasteiger partial charge in [0, 0.05) is 18.1 Å². The summed E-state index contributed by atoms with van der Waals surface area (Å²) in [6.07, 6.45) is 0.400. The molecule has 1 fully saturated rings. The molecular formula is C16H20ClNO6S. The van der Waals surface area contributed by atoms with Gasteiger partial charge in [0.05, 0.1) is 11.5 Å². The molecule has 1 atom stereocenters. The molecule has 9 heteroatoms. The van der Waals surface area contributed by atoms with Crippen LogP contribution in [-0.2, 0) is 24.2 Å². The number of aryl methyl sites for hydroxylation is 1. The molecule has 0 N–H and O–H groups in total. The van der Waals surface area contributed by atoms with Gasteiger partial charge in [0.2, 0.25) is 0 Å². The van der Waals surface area contributed by atoms with Crippen molar-refractivity contribution in [3.8, 4) is 5.75 Å². The van der Waals surface area contributed by atoms with E-state index in [4.69, 9.17) is 21.1 Å². The van der Waals surface area contributed by atoms with Crippen LogP contribution >= 0.6 is 11.6 Å². The number of nitrogens with zero attached hydrogens (tertiary/aromatic N) is 1. The van der Waals surface area contributed by atoms with E-state index in [1.807, 2.05) is 6.92 Å². The number of ether oxygens (including phenoxy) is 2. The minimum atomic E-state index is -3.08. The molecule has 0 saturated carbocycles. The monoisotopic (exact) mass is 389 g/mol. The molecule has 25 heavy (non-hydrogen) atoms. The third-order valence-corrected chi connectivity index (χ3v) is 6.17. The highest BCUT2D eigenvalue weighted by molar-refractivity contribution is 7.91. The zero-order valence-corrected chi connectivity index (χ0v) is 15.6. The van der Waals surface area contributed by atoms with Crippen molar-refractivity contribution in [2.24, 2.45) is 0 Å². The molecule has 1 heterocycles. The summed E-state index contributed by atoms with van der Waals surface area (Å²) in [6, 6.07) is 4.60. The van der Waals surface area contributed by atoms with E-state index in [1.54, 1.807) is 18.2 Å². The van der Waals surface area contributed by atoms with E-state index in [0.29, 0.717) is 17.2 Å². The van der Waals surface area contributed by atoms with Crippen molar-refractivity contribution in [2.75, 3.05) is 31.8 Å². The van der Waals surface area contributed by atoms with E-state index in [0.717, 1.165) is 5.56 Å². The minimum absolute atomic E-state index is 0.0534. The van der Waals surface area contributed by atoms with E-state index in [-0.39, 0.29) is 24.2 Å². The fraction of sp³-hybridized carbons (Fsp3) is 0.500. The molecule has 0 aromatic heterocycles. The maximum absolute atomic E-state index is 12.0.